The second kappa shape index (κ2) is 5.61. The van der Waals surface area contributed by atoms with E-state index in [-0.39, 0.29) is 0 Å². The van der Waals surface area contributed by atoms with Gasteiger partial charge in [-0.1, -0.05) is 32.1 Å². The van der Waals surface area contributed by atoms with E-state index in [1.807, 2.05) is 19.3 Å². The number of hydrogen-bond acceptors (Lipinski definition) is 4. The van der Waals surface area contributed by atoms with E-state index in [0.29, 0.717) is 5.82 Å². The van der Waals surface area contributed by atoms with Gasteiger partial charge in [0.2, 0.25) is 0 Å². The zero-order valence-corrected chi connectivity index (χ0v) is 11.9. The van der Waals surface area contributed by atoms with Gasteiger partial charge in [-0.25, -0.2) is 9.97 Å². The molecule has 106 valence electrons. The number of hydrogen-bond donors (Lipinski definition) is 1. The number of rotatable bonds is 3. The van der Waals surface area contributed by atoms with Crippen LogP contribution in [0.1, 0.15) is 37.9 Å². The molecular weight excluding hydrogens is 250 g/mol. The van der Waals surface area contributed by atoms with Crippen molar-refractivity contribution in [1.82, 2.24) is 19.7 Å². The molecule has 3 rings (SSSR count). The maximum absolute atomic E-state index is 6.01. The predicted molar refractivity (Wildman–Crippen MR) is 78.9 cm³/mol. The van der Waals surface area contributed by atoms with Crippen LogP contribution in [0, 0.1) is 5.92 Å². The third kappa shape index (κ3) is 2.66. The third-order valence-electron chi connectivity index (χ3n) is 4.16. The smallest absolute Gasteiger partial charge is 0.130 e. The van der Waals surface area contributed by atoms with Gasteiger partial charge in [0.25, 0.3) is 0 Å². The van der Waals surface area contributed by atoms with E-state index in [4.69, 9.17) is 5.73 Å². The van der Waals surface area contributed by atoms with Gasteiger partial charge < -0.3 is 5.73 Å². The molecule has 1 aliphatic carbocycles. The first-order valence-electron chi connectivity index (χ1n) is 7.34. The molecule has 2 N–H and O–H groups in total. The van der Waals surface area contributed by atoms with Crippen LogP contribution < -0.4 is 5.73 Å². The summed E-state index contributed by atoms with van der Waals surface area (Å²) in [6, 6.07) is 1.90. The van der Waals surface area contributed by atoms with E-state index in [1.165, 1.54) is 32.1 Å². The van der Waals surface area contributed by atoms with Crippen LogP contribution >= 0.6 is 0 Å². The fourth-order valence-electron chi connectivity index (χ4n) is 2.94. The van der Waals surface area contributed by atoms with Crippen molar-refractivity contribution in [3.05, 3.63) is 24.3 Å². The third-order valence-corrected chi connectivity index (χ3v) is 4.16. The molecule has 5 nitrogen and oxygen atoms in total. The Labute approximate surface area is 119 Å². The molecule has 0 spiro atoms. The molecule has 0 bridgehead atoms. The minimum atomic E-state index is 0.646. The van der Waals surface area contributed by atoms with Crippen LogP contribution in [-0.2, 0) is 13.5 Å². The van der Waals surface area contributed by atoms with Gasteiger partial charge in [0.05, 0.1) is 17.5 Å². The lowest BCUT2D eigenvalue weighted by molar-refractivity contribution is 0.351. The molecule has 0 aliphatic heterocycles. The standard InChI is InChI=1S/C15H21N5/c1-20-15(16)12(10-18-20)13-7-8-17-14(19-13)9-11-5-3-2-4-6-11/h7-8,10-11H,2-6,9,16H2,1H3. The number of anilines is 1. The Hall–Kier alpha value is -1.91. The minimum absolute atomic E-state index is 0.646. The number of nitrogen functional groups attached to an aromatic ring is 1. The quantitative estimate of drug-likeness (QED) is 0.931. The molecule has 2 aromatic rings. The van der Waals surface area contributed by atoms with Crippen LogP contribution in [0.2, 0.25) is 0 Å². The van der Waals surface area contributed by atoms with Gasteiger partial charge >= 0.3 is 0 Å². The Bertz CT molecular complexity index is 584. The summed E-state index contributed by atoms with van der Waals surface area (Å²) >= 11 is 0. The first kappa shape index (κ1) is 13.1. The van der Waals surface area contributed by atoms with Crippen LogP contribution in [0.4, 0.5) is 5.82 Å². The molecule has 0 radical (unpaired) electrons. The normalized spacial score (nSPS) is 16.4. The maximum atomic E-state index is 6.01. The van der Waals surface area contributed by atoms with E-state index < -0.39 is 0 Å². The summed E-state index contributed by atoms with van der Waals surface area (Å²) in [7, 11) is 1.84. The zero-order valence-electron chi connectivity index (χ0n) is 11.9. The van der Waals surface area contributed by atoms with Crippen molar-refractivity contribution in [1.29, 1.82) is 0 Å². The van der Waals surface area contributed by atoms with E-state index in [2.05, 4.69) is 15.1 Å². The predicted octanol–water partition coefficient (Wildman–Crippen LogP) is 2.58. The van der Waals surface area contributed by atoms with Crippen LogP contribution in [0.25, 0.3) is 11.3 Å². The van der Waals surface area contributed by atoms with E-state index in [1.54, 1.807) is 10.9 Å². The highest BCUT2D eigenvalue weighted by molar-refractivity contribution is 5.70. The van der Waals surface area contributed by atoms with Crippen molar-refractivity contribution < 1.29 is 0 Å². The Morgan fingerprint density at radius 2 is 2.10 bits per heavy atom. The Morgan fingerprint density at radius 3 is 2.80 bits per heavy atom. The van der Waals surface area contributed by atoms with Gasteiger partial charge in [-0.2, -0.15) is 5.10 Å². The molecule has 2 aromatic heterocycles. The first-order valence-corrected chi connectivity index (χ1v) is 7.34. The summed E-state index contributed by atoms with van der Waals surface area (Å²) in [6.07, 6.45) is 11.3. The zero-order chi connectivity index (χ0) is 13.9. The lowest BCUT2D eigenvalue weighted by Gasteiger charge is -2.20. The molecule has 20 heavy (non-hydrogen) atoms. The van der Waals surface area contributed by atoms with Gasteiger partial charge in [-0.15, -0.1) is 0 Å². The van der Waals surface area contributed by atoms with Gasteiger partial charge in [0.1, 0.15) is 11.6 Å². The van der Waals surface area contributed by atoms with E-state index in [0.717, 1.165) is 29.4 Å². The molecule has 0 saturated heterocycles. The van der Waals surface area contributed by atoms with Crippen molar-refractivity contribution in [2.75, 3.05) is 5.73 Å². The Balaban J connectivity index is 1.80. The molecule has 0 amide bonds. The average molecular weight is 271 g/mol. The lowest BCUT2D eigenvalue weighted by atomic mass is 9.87. The monoisotopic (exact) mass is 271 g/mol. The van der Waals surface area contributed by atoms with Crippen LogP contribution in [0.3, 0.4) is 0 Å². The van der Waals surface area contributed by atoms with Crippen molar-refractivity contribution in [2.45, 2.75) is 38.5 Å². The van der Waals surface area contributed by atoms with Gasteiger partial charge in [0.15, 0.2) is 0 Å². The van der Waals surface area contributed by atoms with Crippen molar-refractivity contribution in [3.8, 4) is 11.3 Å². The second-order valence-electron chi connectivity index (χ2n) is 5.63. The summed E-state index contributed by atoms with van der Waals surface area (Å²) in [5.74, 6) is 2.32. The topological polar surface area (TPSA) is 69.6 Å². The minimum Gasteiger partial charge on any atom is -0.383 e. The Kier molecular flexibility index (Phi) is 3.67. The fourth-order valence-corrected chi connectivity index (χ4v) is 2.94. The molecule has 0 atom stereocenters. The molecule has 1 fully saturated rings. The van der Waals surface area contributed by atoms with Gasteiger partial charge in [0, 0.05) is 19.7 Å². The second-order valence-corrected chi connectivity index (χ2v) is 5.63. The molecule has 5 heteroatoms. The molecule has 1 saturated carbocycles. The number of aryl methyl sites for hydroxylation is 1. The van der Waals surface area contributed by atoms with Crippen LogP contribution in [-0.4, -0.2) is 19.7 Å². The Morgan fingerprint density at radius 1 is 1.30 bits per heavy atom. The first-order chi connectivity index (χ1) is 9.74. The fraction of sp³-hybridized carbons (Fsp3) is 0.533. The van der Waals surface area contributed by atoms with Crippen molar-refractivity contribution >= 4 is 5.82 Å². The summed E-state index contributed by atoms with van der Waals surface area (Å²) in [5.41, 5.74) is 7.77. The lowest BCUT2D eigenvalue weighted by Crippen LogP contribution is -2.11. The highest BCUT2D eigenvalue weighted by Crippen LogP contribution is 2.27. The van der Waals surface area contributed by atoms with Crippen LogP contribution in [0.15, 0.2) is 18.5 Å². The highest BCUT2D eigenvalue weighted by Gasteiger charge is 2.16. The number of aromatic nitrogens is 4. The molecular formula is C15H21N5. The van der Waals surface area contributed by atoms with Crippen molar-refractivity contribution in [3.63, 3.8) is 0 Å². The SMILES string of the molecule is Cn1ncc(-c2ccnc(CC3CCCCC3)n2)c1N. The summed E-state index contributed by atoms with van der Waals surface area (Å²) in [4.78, 5) is 9.08. The summed E-state index contributed by atoms with van der Waals surface area (Å²) in [6.45, 7) is 0. The molecule has 1 aliphatic rings. The number of nitrogens with zero attached hydrogens (tertiary/aromatic N) is 4. The van der Waals surface area contributed by atoms with Gasteiger partial charge in [-0.05, 0) is 12.0 Å². The van der Waals surface area contributed by atoms with E-state index in [9.17, 15) is 0 Å². The molecule has 0 aromatic carbocycles. The van der Waals surface area contributed by atoms with E-state index >= 15 is 0 Å². The molecule has 0 unspecified atom stereocenters. The average Bonchev–Trinajstić information content (AvgIpc) is 2.80. The highest BCUT2D eigenvalue weighted by atomic mass is 15.3. The summed E-state index contributed by atoms with van der Waals surface area (Å²) < 4.78 is 1.66. The van der Waals surface area contributed by atoms with Crippen LogP contribution in [0.5, 0.6) is 0 Å². The number of nitrogens with two attached hydrogens (primary N) is 1. The largest absolute Gasteiger partial charge is 0.383 e. The maximum Gasteiger partial charge on any atom is 0.130 e. The van der Waals surface area contributed by atoms with Gasteiger partial charge in [-0.3, -0.25) is 4.68 Å². The summed E-state index contributed by atoms with van der Waals surface area (Å²) in [5, 5.41) is 4.17. The molecule has 2 heterocycles. The van der Waals surface area contributed by atoms with Crippen molar-refractivity contribution in [2.24, 2.45) is 13.0 Å².